The smallest absolute Gasteiger partial charge is 0.341 e. The van der Waals surface area contributed by atoms with Crippen LogP contribution in [-0.2, 0) is 9.53 Å². The number of para-hydroxylation sites is 1. The molecule has 0 saturated carbocycles. The summed E-state index contributed by atoms with van der Waals surface area (Å²) in [5.74, 6) is -3.34. The second-order valence-corrected chi connectivity index (χ2v) is 7.32. The normalized spacial score (nSPS) is 17.0. The summed E-state index contributed by atoms with van der Waals surface area (Å²) in [7, 11) is 0. The lowest BCUT2D eigenvalue weighted by molar-refractivity contribution is -0.129. The maximum absolute atomic E-state index is 12.6. The predicted molar refractivity (Wildman–Crippen MR) is 104 cm³/mol. The number of rotatable bonds is 6. The van der Waals surface area contributed by atoms with Crippen LogP contribution in [0.2, 0.25) is 0 Å². The van der Waals surface area contributed by atoms with E-state index in [4.69, 9.17) is 4.74 Å². The fourth-order valence-electron chi connectivity index (χ4n) is 2.86. The number of alkyl halides is 2. The number of halogens is 2. The zero-order chi connectivity index (χ0) is 19.9. The molecule has 0 radical (unpaired) electrons. The Hall–Kier alpha value is -2.61. The standard InChI is InChI=1S/C20H20F2N2O3S/c21-20(22)28-14-10-8-13(9-11-14)24-16-6-2-1-5-15(16)19(26)27-17-7-3-4-12-23-18(17)25/h1-2,5-6,8-11,17,20,24H,3-4,7,12H2,(H,23,25)/t17-/m1/s1. The van der Waals surface area contributed by atoms with Crippen LogP contribution in [0.1, 0.15) is 29.6 Å². The Kier molecular flexibility index (Phi) is 6.86. The minimum Gasteiger partial charge on any atom is -0.449 e. The van der Waals surface area contributed by atoms with Gasteiger partial charge in [-0.25, -0.2) is 4.79 Å². The van der Waals surface area contributed by atoms with Gasteiger partial charge in [0.25, 0.3) is 11.7 Å². The summed E-state index contributed by atoms with van der Waals surface area (Å²) in [6.45, 7) is 0.588. The third kappa shape index (κ3) is 5.45. The van der Waals surface area contributed by atoms with Crippen LogP contribution in [0.5, 0.6) is 0 Å². The summed E-state index contributed by atoms with van der Waals surface area (Å²) in [4.78, 5) is 25.1. The van der Waals surface area contributed by atoms with Gasteiger partial charge in [-0.15, -0.1) is 0 Å². The predicted octanol–water partition coefficient (Wildman–Crippen LogP) is 4.57. The molecule has 5 nitrogen and oxygen atoms in total. The van der Waals surface area contributed by atoms with Gasteiger partial charge in [0.05, 0.1) is 11.3 Å². The Morgan fingerprint density at radius 1 is 1.14 bits per heavy atom. The van der Waals surface area contributed by atoms with E-state index >= 15 is 0 Å². The van der Waals surface area contributed by atoms with E-state index in [0.29, 0.717) is 46.6 Å². The van der Waals surface area contributed by atoms with E-state index in [0.717, 1.165) is 12.8 Å². The molecule has 1 fully saturated rings. The molecule has 1 amide bonds. The van der Waals surface area contributed by atoms with Gasteiger partial charge >= 0.3 is 5.97 Å². The van der Waals surface area contributed by atoms with Crippen LogP contribution in [0.3, 0.4) is 0 Å². The van der Waals surface area contributed by atoms with Crippen molar-refractivity contribution in [2.45, 2.75) is 36.0 Å². The molecule has 0 aromatic heterocycles. The molecule has 1 aliphatic rings. The molecule has 1 heterocycles. The molecular formula is C20H20F2N2O3S. The van der Waals surface area contributed by atoms with Crippen molar-refractivity contribution in [3.05, 3.63) is 54.1 Å². The van der Waals surface area contributed by atoms with E-state index in [1.165, 1.54) is 0 Å². The number of anilines is 2. The molecule has 8 heteroatoms. The number of thioether (sulfide) groups is 1. The lowest BCUT2D eigenvalue weighted by atomic mass is 10.1. The number of nitrogens with one attached hydrogen (secondary N) is 2. The van der Waals surface area contributed by atoms with Crippen LogP contribution in [0.15, 0.2) is 53.4 Å². The van der Waals surface area contributed by atoms with Crippen LogP contribution in [0.25, 0.3) is 0 Å². The van der Waals surface area contributed by atoms with Gasteiger partial charge in [-0.05, 0) is 55.7 Å². The second-order valence-electron chi connectivity index (χ2n) is 6.25. The molecule has 3 rings (SSSR count). The van der Waals surface area contributed by atoms with E-state index in [9.17, 15) is 18.4 Å². The van der Waals surface area contributed by atoms with Gasteiger partial charge in [-0.2, -0.15) is 8.78 Å². The summed E-state index contributed by atoms with van der Waals surface area (Å²) >= 11 is 0.470. The van der Waals surface area contributed by atoms with E-state index in [2.05, 4.69) is 10.6 Å². The minimum absolute atomic E-state index is 0.275. The first-order valence-corrected chi connectivity index (χ1v) is 9.80. The highest BCUT2D eigenvalue weighted by Crippen LogP contribution is 2.28. The summed E-state index contributed by atoms with van der Waals surface area (Å²) in [6, 6.07) is 13.3. The molecule has 0 bridgehead atoms. The van der Waals surface area contributed by atoms with Crippen molar-refractivity contribution < 1.29 is 23.1 Å². The molecule has 2 aromatic carbocycles. The summed E-state index contributed by atoms with van der Waals surface area (Å²) in [5.41, 5.74) is 1.45. The van der Waals surface area contributed by atoms with Crippen LogP contribution in [-0.4, -0.2) is 30.3 Å². The van der Waals surface area contributed by atoms with Gasteiger partial charge < -0.3 is 15.4 Å². The van der Waals surface area contributed by atoms with E-state index in [1.807, 2.05) is 0 Å². The fraction of sp³-hybridized carbons (Fsp3) is 0.300. The van der Waals surface area contributed by atoms with Gasteiger partial charge in [0.2, 0.25) is 0 Å². The van der Waals surface area contributed by atoms with Crippen molar-refractivity contribution in [2.75, 3.05) is 11.9 Å². The largest absolute Gasteiger partial charge is 0.449 e. The number of hydrogen-bond donors (Lipinski definition) is 2. The topological polar surface area (TPSA) is 67.4 Å². The molecule has 2 aromatic rings. The maximum Gasteiger partial charge on any atom is 0.341 e. The average Bonchev–Trinajstić information content (AvgIpc) is 2.88. The Labute approximate surface area is 165 Å². The van der Waals surface area contributed by atoms with Crippen molar-refractivity contribution in [1.29, 1.82) is 0 Å². The molecule has 0 spiro atoms. The molecule has 1 aliphatic heterocycles. The maximum atomic E-state index is 12.6. The Bertz CT molecular complexity index is 830. The lowest BCUT2D eigenvalue weighted by Crippen LogP contribution is -2.36. The molecule has 2 N–H and O–H groups in total. The van der Waals surface area contributed by atoms with Gasteiger partial charge in [0.1, 0.15) is 0 Å². The third-order valence-corrected chi connectivity index (χ3v) is 4.96. The number of ether oxygens (including phenoxy) is 1. The highest BCUT2D eigenvalue weighted by molar-refractivity contribution is 7.99. The van der Waals surface area contributed by atoms with Crippen LogP contribution in [0.4, 0.5) is 20.2 Å². The molecule has 0 aliphatic carbocycles. The van der Waals surface area contributed by atoms with Gasteiger partial charge in [0.15, 0.2) is 6.10 Å². The Morgan fingerprint density at radius 2 is 1.89 bits per heavy atom. The van der Waals surface area contributed by atoms with Crippen LogP contribution >= 0.6 is 11.8 Å². The first-order valence-electron chi connectivity index (χ1n) is 8.92. The zero-order valence-electron chi connectivity index (χ0n) is 15.0. The Balaban J connectivity index is 1.71. The summed E-state index contributed by atoms with van der Waals surface area (Å²) in [5, 5.41) is 5.83. The van der Waals surface area contributed by atoms with Gasteiger partial charge in [-0.1, -0.05) is 23.9 Å². The summed E-state index contributed by atoms with van der Waals surface area (Å²) in [6.07, 6.45) is 1.36. The van der Waals surface area contributed by atoms with Gasteiger partial charge in [-0.3, -0.25) is 4.79 Å². The quantitative estimate of drug-likeness (QED) is 0.543. The van der Waals surface area contributed by atoms with Crippen molar-refractivity contribution in [3.63, 3.8) is 0 Å². The minimum atomic E-state index is -2.48. The first kappa shape index (κ1) is 20.1. The zero-order valence-corrected chi connectivity index (χ0v) is 15.8. The van der Waals surface area contributed by atoms with Crippen molar-refractivity contribution >= 4 is 35.0 Å². The van der Waals surface area contributed by atoms with Crippen LogP contribution in [0, 0.1) is 0 Å². The fourth-order valence-corrected chi connectivity index (χ4v) is 3.36. The number of hydrogen-bond acceptors (Lipinski definition) is 5. The number of carbonyl (C=O) groups excluding carboxylic acids is 2. The SMILES string of the molecule is O=C(O[C@@H]1CCCCNC1=O)c1ccccc1Nc1ccc(SC(F)F)cc1. The van der Waals surface area contributed by atoms with Crippen molar-refractivity contribution in [2.24, 2.45) is 0 Å². The van der Waals surface area contributed by atoms with Crippen molar-refractivity contribution in [1.82, 2.24) is 5.32 Å². The number of amides is 1. The highest BCUT2D eigenvalue weighted by Gasteiger charge is 2.26. The van der Waals surface area contributed by atoms with Crippen molar-refractivity contribution in [3.8, 4) is 0 Å². The average molecular weight is 406 g/mol. The lowest BCUT2D eigenvalue weighted by Gasteiger charge is -2.16. The van der Waals surface area contributed by atoms with E-state index in [1.54, 1.807) is 48.5 Å². The highest BCUT2D eigenvalue weighted by atomic mass is 32.2. The van der Waals surface area contributed by atoms with Gasteiger partial charge in [0, 0.05) is 17.1 Å². The number of benzene rings is 2. The molecule has 28 heavy (non-hydrogen) atoms. The molecular weight excluding hydrogens is 386 g/mol. The molecule has 148 valence electrons. The van der Waals surface area contributed by atoms with E-state index < -0.39 is 17.8 Å². The van der Waals surface area contributed by atoms with E-state index in [-0.39, 0.29) is 5.91 Å². The monoisotopic (exact) mass is 406 g/mol. The molecule has 1 atom stereocenters. The second kappa shape index (κ2) is 9.54. The van der Waals surface area contributed by atoms with Crippen LogP contribution < -0.4 is 10.6 Å². The number of carbonyl (C=O) groups is 2. The number of esters is 1. The third-order valence-electron chi connectivity index (χ3n) is 4.24. The summed E-state index contributed by atoms with van der Waals surface area (Å²) < 4.78 is 30.3. The first-order chi connectivity index (χ1) is 13.5. The molecule has 0 unspecified atom stereocenters. The molecule has 1 saturated heterocycles. The Morgan fingerprint density at radius 3 is 2.64 bits per heavy atom.